The van der Waals surface area contributed by atoms with Crippen LogP contribution in [0.1, 0.15) is 5.56 Å². The van der Waals surface area contributed by atoms with Crippen LogP contribution in [0.4, 0.5) is 19.0 Å². The van der Waals surface area contributed by atoms with Gasteiger partial charge in [0.15, 0.2) is 9.84 Å². The summed E-state index contributed by atoms with van der Waals surface area (Å²) >= 11 is 0. The van der Waals surface area contributed by atoms with Gasteiger partial charge in [0.1, 0.15) is 12.0 Å². The van der Waals surface area contributed by atoms with E-state index >= 15 is 0 Å². The lowest BCUT2D eigenvalue weighted by molar-refractivity contribution is -0.137. The molecule has 3 heterocycles. The summed E-state index contributed by atoms with van der Waals surface area (Å²) in [5.41, 5.74) is 0.308. The molecule has 10 heteroatoms. The standard InChI is InChI=1S/C18H19F3N4O2S/c1-23-16(24-7-9-28(26,27)10-8-24)5-6-25-17(23)15(12-22-25)13-3-2-4-14(11-13)18(19,20)21/h2-6,11-12,16H,7-10H2,1H3. The average Bonchev–Trinajstić information content (AvgIpc) is 3.07. The third kappa shape index (κ3) is 3.42. The van der Waals surface area contributed by atoms with Crippen LogP contribution in [-0.2, 0) is 16.0 Å². The molecule has 0 spiro atoms. The molecule has 1 saturated heterocycles. The molecule has 6 nitrogen and oxygen atoms in total. The average molecular weight is 412 g/mol. The Labute approximate surface area is 160 Å². The van der Waals surface area contributed by atoms with Gasteiger partial charge < -0.3 is 4.90 Å². The zero-order valence-electron chi connectivity index (χ0n) is 15.1. The predicted octanol–water partition coefficient (Wildman–Crippen LogP) is 2.55. The summed E-state index contributed by atoms with van der Waals surface area (Å²) < 4.78 is 64.3. The highest BCUT2D eigenvalue weighted by Crippen LogP contribution is 2.37. The topological polar surface area (TPSA) is 58.4 Å². The zero-order chi connectivity index (χ0) is 20.1. The van der Waals surface area contributed by atoms with Crippen LogP contribution in [0.2, 0.25) is 0 Å². The normalized spacial score (nSPS) is 22.3. The minimum absolute atomic E-state index is 0.102. The van der Waals surface area contributed by atoms with Crippen LogP contribution in [-0.4, -0.2) is 60.9 Å². The van der Waals surface area contributed by atoms with Gasteiger partial charge in [-0.15, -0.1) is 0 Å². The Kier molecular flexibility index (Phi) is 4.50. The molecule has 1 aromatic carbocycles. The molecular formula is C18H19F3N4O2S. The lowest BCUT2D eigenvalue weighted by Crippen LogP contribution is -2.53. The fourth-order valence-corrected chi connectivity index (χ4v) is 4.88. The molecule has 28 heavy (non-hydrogen) atoms. The molecule has 2 aromatic rings. The number of benzene rings is 1. The molecule has 1 unspecified atom stereocenters. The van der Waals surface area contributed by atoms with Gasteiger partial charge in [-0.2, -0.15) is 18.3 Å². The Morgan fingerprint density at radius 3 is 2.57 bits per heavy atom. The molecule has 1 fully saturated rings. The minimum Gasteiger partial charge on any atom is -0.340 e. The second kappa shape index (κ2) is 6.63. The van der Waals surface area contributed by atoms with Gasteiger partial charge in [0.25, 0.3) is 0 Å². The van der Waals surface area contributed by atoms with E-state index in [1.807, 2.05) is 22.9 Å². The van der Waals surface area contributed by atoms with Crippen LogP contribution in [0, 0.1) is 0 Å². The van der Waals surface area contributed by atoms with Gasteiger partial charge in [0.05, 0.1) is 23.3 Å². The molecule has 150 valence electrons. The molecule has 0 bridgehead atoms. The molecule has 2 aliphatic rings. The molecule has 0 aliphatic carbocycles. The van der Waals surface area contributed by atoms with E-state index in [9.17, 15) is 21.6 Å². The van der Waals surface area contributed by atoms with E-state index in [4.69, 9.17) is 0 Å². The SMILES string of the molecule is CN1c2c(-c3cccc(C(F)(F)F)c3)cnn2C=CC1N1CCS(=O)(=O)CC1. The summed E-state index contributed by atoms with van der Waals surface area (Å²) in [5, 5.41) is 4.27. The van der Waals surface area contributed by atoms with E-state index in [-0.39, 0.29) is 17.7 Å². The van der Waals surface area contributed by atoms with Gasteiger partial charge in [-0.3, -0.25) is 4.90 Å². The Morgan fingerprint density at radius 1 is 1.18 bits per heavy atom. The number of hydrogen-bond donors (Lipinski definition) is 0. The smallest absolute Gasteiger partial charge is 0.340 e. The van der Waals surface area contributed by atoms with Crippen LogP contribution >= 0.6 is 0 Å². The number of halogens is 3. The van der Waals surface area contributed by atoms with Gasteiger partial charge in [-0.25, -0.2) is 13.1 Å². The van der Waals surface area contributed by atoms with Crippen LogP contribution in [0.3, 0.4) is 0 Å². The Bertz CT molecular complexity index is 1020. The molecule has 1 aromatic heterocycles. The number of sulfone groups is 1. The van der Waals surface area contributed by atoms with Crippen molar-refractivity contribution in [1.82, 2.24) is 14.7 Å². The number of likely N-dealkylation sites (N-methyl/N-ethyl adjacent to an activating group) is 1. The molecular weight excluding hydrogens is 393 g/mol. The lowest BCUT2D eigenvalue weighted by atomic mass is 10.0. The van der Waals surface area contributed by atoms with Crippen molar-refractivity contribution in [2.24, 2.45) is 0 Å². The number of alkyl halides is 3. The van der Waals surface area contributed by atoms with E-state index in [1.54, 1.807) is 23.1 Å². The third-order valence-electron chi connectivity index (χ3n) is 5.15. The summed E-state index contributed by atoms with van der Waals surface area (Å²) in [6.45, 7) is 0.823. The number of rotatable bonds is 2. The number of hydrogen-bond acceptors (Lipinski definition) is 5. The molecule has 0 radical (unpaired) electrons. The molecule has 0 saturated carbocycles. The van der Waals surface area contributed by atoms with Crippen LogP contribution < -0.4 is 4.90 Å². The maximum atomic E-state index is 13.1. The van der Waals surface area contributed by atoms with E-state index in [0.29, 0.717) is 30.0 Å². The summed E-state index contributed by atoms with van der Waals surface area (Å²) in [7, 11) is -1.16. The Hall–Kier alpha value is -2.33. The van der Waals surface area contributed by atoms with Crippen molar-refractivity contribution in [2.45, 2.75) is 12.3 Å². The van der Waals surface area contributed by atoms with E-state index in [2.05, 4.69) is 5.10 Å². The van der Waals surface area contributed by atoms with E-state index < -0.39 is 21.6 Å². The van der Waals surface area contributed by atoms with Gasteiger partial charge in [-0.05, 0) is 23.8 Å². The molecule has 2 aliphatic heterocycles. The van der Waals surface area contributed by atoms with Gasteiger partial charge in [0.2, 0.25) is 0 Å². The fourth-order valence-electron chi connectivity index (χ4n) is 3.65. The Morgan fingerprint density at radius 2 is 1.89 bits per heavy atom. The number of nitrogens with zero attached hydrogens (tertiary/aromatic N) is 4. The quantitative estimate of drug-likeness (QED) is 0.759. The lowest BCUT2D eigenvalue weighted by Gasteiger charge is -2.40. The second-order valence-electron chi connectivity index (χ2n) is 6.96. The van der Waals surface area contributed by atoms with Crippen LogP contribution in [0.15, 0.2) is 36.5 Å². The van der Waals surface area contributed by atoms with Crippen molar-refractivity contribution < 1.29 is 21.6 Å². The van der Waals surface area contributed by atoms with Crippen molar-refractivity contribution in [2.75, 3.05) is 36.5 Å². The first-order chi connectivity index (χ1) is 13.2. The monoisotopic (exact) mass is 412 g/mol. The summed E-state index contributed by atoms with van der Waals surface area (Å²) in [6.07, 6.45) is 0.615. The van der Waals surface area contributed by atoms with Gasteiger partial charge >= 0.3 is 6.18 Å². The highest BCUT2D eigenvalue weighted by Gasteiger charge is 2.33. The van der Waals surface area contributed by atoms with Crippen molar-refractivity contribution in [1.29, 1.82) is 0 Å². The van der Waals surface area contributed by atoms with E-state index in [1.165, 1.54) is 6.07 Å². The first-order valence-electron chi connectivity index (χ1n) is 8.76. The maximum absolute atomic E-state index is 13.1. The molecule has 0 N–H and O–H groups in total. The van der Waals surface area contributed by atoms with Crippen LogP contribution in [0.5, 0.6) is 0 Å². The number of anilines is 1. The first-order valence-corrected chi connectivity index (χ1v) is 10.6. The summed E-state index contributed by atoms with van der Waals surface area (Å²) in [5.74, 6) is 0.871. The Balaban J connectivity index is 1.67. The van der Waals surface area contributed by atoms with Gasteiger partial charge in [0, 0.05) is 31.9 Å². The molecule has 0 amide bonds. The summed E-state index contributed by atoms with van der Waals surface area (Å²) in [4.78, 5) is 3.96. The van der Waals surface area contributed by atoms with Gasteiger partial charge in [-0.1, -0.05) is 12.1 Å². The van der Waals surface area contributed by atoms with Crippen LogP contribution in [0.25, 0.3) is 17.3 Å². The first kappa shape index (κ1) is 19.0. The summed E-state index contributed by atoms with van der Waals surface area (Å²) in [6, 6.07) is 5.17. The van der Waals surface area contributed by atoms with E-state index in [0.717, 1.165) is 12.1 Å². The highest BCUT2D eigenvalue weighted by molar-refractivity contribution is 7.91. The van der Waals surface area contributed by atoms with Crippen molar-refractivity contribution in [3.8, 4) is 11.1 Å². The number of fused-ring (bicyclic) bond motifs is 1. The third-order valence-corrected chi connectivity index (χ3v) is 6.76. The largest absolute Gasteiger partial charge is 0.416 e. The van der Waals surface area contributed by atoms with Crippen molar-refractivity contribution in [3.63, 3.8) is 0 Å². The minimum atomic E-state index is -4.42. The predicted molar refractivity (Wildman–Crippen MR) is 100 cm³/mol. The van der Waals surface area contributed by atoms with Crippen molar-refractivity contribution in [3.05, 3.63) is 42.1 Å². The van der Waals surface area contributed by atoms with Crippen molar-refractivity contribution >= 4 is 21.9 Å². The fraction of sp³-hybridized carbons (Fsp3) is 0.389. The maximum Gasteiger partial charge on any atom is 0.416 e. The number of aromatic nitrogens is 2. The zero-order valence-corrected chi connectivity index (χ0v) is 15.9. The molecule has 1 atom stereocenters. The second-order valence-corrected chi connectivity index (χ2v) is 9.26. The highest BCUT2D eigenvalue weighted by atomic mass is 32.2. The molecule has 4 rings (SSSR count).